The van der Waals surface area contributed by atoms with Crippen LogP contribution in [0.3, 0.4) is 0 Å². The van der Waals surface area contributed by atoms with Crippen LogP contribution in [0.15, 0.2) is 38.0 Å². The first kappa shape index (κ1) is 32.4. The number of hydrogen-bond donors (Lipinski definition) is 2. The van der Waals surface area contributed by atoms with Crippen molar-refractivity contribution in [1.29, 1.82) is 0 Å². The molecule has 38 heavy (non-hydrogen) atoms. The molecule has 0 heterocycles. The Balaban J connectivity index is 2.96. The van der Waals surface area contributed by atoms with Crippen molar-refractivity contribution in [2.75, 3.05) is 33.0 Å². The highest BCUT2D eigenvalue weighted by molar-refractivity contribution is 5.82. The van der Waals surface area contributed by atoms with E-state index in [0.717, 1.165) is 31.1 Å². The van der Waals surface area contributed by atoms with E-state index in [-0.39, 0.29) is 29.3 Å². The number of esters is 3. The highest BCUT2D eigenvalue weighted by Gasteiger charge is 2.42. The van der Waals surface area contributed by atoms with Crippen LogP contribution in [0.4, 0.5) is 4.79 Å². The van der Waals surface area contributed by atoms with E-state index in [2.05, 4.69) is 44.2 Å². The molecule has 0 aromatic heterocycles. The first-order chi connectivity index (χ1) is 17.7. The molecule has 0 aliphatic heterocycles. The fourth-order valence-corrected chi connectivity index (χ4v) is 4.81. The minimum absolute atomic E-state index is 0.0228. The standard InChI is InChI=1S/C27H40N2O9/c1-8-21(31)35-15-27(16-36-22(32)9-2,17-37-23(33)10-3)18-38-24(34)28-14-26(7)12-20(29-19(4)30)11-25(5,6)13-26/h8-10,20H,1-3,11-18H2,4-7H3,(H,28,34)(H,29,30). The lowest BCUT2D eigenvalue weighted by Gasteiger charge is -2.46. The summed E-state index contributed by atoms with van der Waals surface area (Å²) in [7, 11) is 0. The van der Waals surface area contributed by atoms with Crippen LogP contribution in [0.5, 0.6) is 0 Å². The van der Waals surface area contributed by atoms with Crippen molar-refractivity contribution in [2.45, 2.75) is 53.0 Å². The predicted octanol–water partition coefficient (Wildman–Crippen LogP) is 2.61. The molecule has 2 N–H and O–H groups in total. The molecule has 1 fully saturated rings. The lowest BCUT2D eigenvalue weighted by molar-refractivity contribution is -0.159. The van der Waals surface area contributed by atoms with Gasteiger partial charge in [-0.2, -0.15) is 0 Å². The van der Waals surface area contributed by atoms with Crippen molar-refractivity contribution >= 4 is 29.9 Å². The number of amides is 2. The maximum atomic E-state index is 12.7. The highest BCUT2D eigenvalue weighted by Crippen LogP contribution is 2.45. The summed E-state index contributed by atoms with van der Waals surface area (Å²) in [5.74, 6) is -2.42. The van der Waals surface area contributed by atoms with Gasteiger partial charge >= 0.3 is 24.0 Å². The van der Waals surface area contributed by atoms with E-state index in [4.69, 9.17) is 18.9 Å². The van der Waals surface area contributed by atoms with Crippen LogP contribution in [-0.4, -0.2) is 68.9 Å². The van der Waals surface area contributed by atoms with Gasteiger partial charge in [-0.1, -0.05) is 40.5 Å². The van der Waals surface area contributed by atoms with Crippen LogP contribution < -0.4 is 10.6 Å². The van der Waals surface area contributed by atoms with E-state index >= 15 is 0 Å². The van der Waals surface area contributed by atoms with Crippen molar-refractivity contribution in [2.24, 2.45) is 16.2 Å². The summed E-state index contributed by atoms with van der Waals surface area (Å²) in [4.78, 5) is 59.4. The minimum atomic E-state index is -1.42. The normalized spacial score (nSPS) is 20.2. The Morgan fingerprint density at radius 1 is 0.816 bits per heavy atom. The van der Waals surface area contributed by atoms with Crippen LogP contribution in [0.1, 0.15) is 47.0 Å². The monoisotopic (exact) mass is 536 g/mol. The Kier molecular flexibility index (Phi) is 12.2. The molecular formula is C27H40N2O9. The Bertz CT molecular complexity index is 868. The molecule has 11 heteroatoms. The number of rotatable bonds is 14. The second-order valence-corrected chi connectivity index (χ2v) is 10.8. The first-order valence-corrected chi connectivity index (χ1v) is 12.2. The lowest BCUT2D eigenvalue weighted by Crippen LogP contribution is -2.50. The van der Waals surface area contributed by atoms with Gasteiger partial charge in [0, 0.05) is 37.7 Å². The summed E-state index contributed by atoms with van der Waals surface area (Å²) < 4.78 is 20.8. The third-order valence-electron chi connectivity index (χ3n) is 6.08. The summed E-state index contributed by atoms with van der Waals surface area (Å²) in [6.07, 6.45) is 4.35. The van der Waals surface area contributed by atoms with Crippen LogP contribution in [-0.2, 0) is 38.1 Å². The van der Waals surface area contributed by atoms with E-state index in [1.807, 2.05) is 6.92 Å². The average molecular weight is 537 g/mol. The molecule has 1 aliphatic rings. The summed E-state index contributed by atoms with van der Waals surface area (Å²) in [6.45, 7) is 16.3. The van der Waals surface area contributed by atoms with Crippen molar-refractivity contribution in [1.82, 2.24) is 10.6 Å². The van der Waals surface area contributed by atoms with E-state index in [1.54, 1.807) is 0 Å². The van der Waals surface area contributed by atoms with E-state index in [9.17, 15) is 24.0 Å². The number of alkyl carbamates (subject to hydrolysis) is 1. The zero-order valence-electron chi connectivity index (χ0n) is 22.8. The van der Waals surface area contributed by atoms with E-state index < -0.39 is 55.8 Å². The highest BCUT2D eigenvalue weighted by atomic mass is 16.6. The Morgan fingerprint density at radius 3 is 1.68 bits per heavy atom. The maximum absolute atomic E-state index is 12.7. The Morgan fingerprint density at radius 2 is 1.26 bits per heavy atom. The van der Waals surface area contributed by atoms with Crippen LogP contribution in [0.2, 0.25) is 0 Å². The summed E-state index contributed by atoms with van der Waals surface area (Å²) >= 11 is 0. The summed E-state index contributed by atoms with van der Waals surface area (Å²) in [5.41, 5.74) is -1.79. The third kappa shape index (κ3) is 11.6. The number of nitrogens with one attached hydrogen (secondary N) is 2. The van der Waals surface area contributed by atoms with Crippen molar-refractivity contribution in [3.05, 3.63) is 38.0 Å². The van der Waals surface area contributed by atoms with Gasteiger partial charge in [0.05, 0.1) is 0 Å². The molecule has 1 rings (SSSR count). The molecule has 0 aromatic carbocycles. The van der Waals surface area contributed by atoms with Gasteiger partial charge in [-0.25, -0.2) is 19.2 Å². The number of ether oxygens (including phenoxy) is 4. The topological polar surface area (TPSA) is 146 Å². The molecule has 1 aliphatic carbocycles. The SMILES string of the molecule is C=CC(=O)OCC(COC(=O)C=C)(COC(=O)C=C)COC(=O)NCC1(C)CC(NC(C)=O)CC(C)(C)C1. The third-order valence-corrected chi connectivity index (χ3v) is 6.08. The van der Waals surface area contributed by atoms with Gasteiger partial charge in [-0.3, -0.25) is 4.79 Å². The second kappa shape index (κ2) is 14.3. The van der Waals surface area contributed by atoms with Crippen molar-refractivity contribution < 1.29 is 42.9 Å². The number of carbonyl (C=O) groups excluding carboxylic acids is 5. The molecule has 2 unspecified atom stereocenters. The van der Waals surface area contributed by atoms with Gasteiger partial charge < -0.3 is 29.6 Å². The fourth-order valence-electron chi connectivity index (χ4n) is 4.81. The van der Waals surface area contributed by atoms with Crippen LogP contribution >= 0.6 is 0 Å². The molecular weight excluding hydrogens is 496 g/mol. The largest absolute Gasteiger partial charge is 0.462 e. The average Bonchev–Trinajstić information content (AvgIpc) is 2.84. The first-order valence-electron chi connectivity index (χ1n) is 12.2. The molecule has 212 valence electrons. The molecule has 0 radical (unpaired) electrons. The van der Waals surface area contributed by atoms with E-state index in [0.29, 0.717) is 6.42 Å². The maximum Gasteiger partial charge on any atom is 0.407 e. The van der Waals surface area contributed by atoms with Crippen molar-refractivity contribution in [3.63, 3.8) is 0 Å². The lowest BCUT2D eigenvalue weighted by atomic mass is 9.62. The quantitative estimate of drug-likeness (QED) is 0.194. The summed E-state index contributed by atoms with van der Waals surface area (Å²) in [5, 5.41) is 5.74. The Labute approximate surface area is 224 Å². The zero-order chi connectivity index (χ0) is 29.0. The van der Waals surface area contributed by atoms with Gasteiger partial charge in [0.25, 0.3) is 0 Å². The van der Waals surface area contributed by atoms with Crippen molar-refractivity contribution in [3.8, 4) is 0 Å². The second-order valence-electron chi connectivity index (χ2n) is 10.8. The minimum Gasteiger partial charge on any atom is -0.462 e. The van der Waals surface area contributed by atoms with Gasteiger partial charge in [-0.15, -0.1) is 0 Å². The zero-order valence-corrected chi connectivity index (χ0v) is 22.8. The predicted molar refractivity (Wildman–Crippen MR) is 139 cm³/mol. The Hall–Kier alpha value is -3.63. The molecule has 1 saturated carbocycles. The number of carbonyl (C=O) groups is 5. The number of hydrogen-bond acceptors (Lipinski definition) is 9. The molecule has 0 saturated heterocycles. The fraction of sp³-hybridized carbons (Fsp3) is 0.593. The van der Waals surface area contributed by atoms with E-state index in [1.165, 1.54) is 6.92 Å². The molecule has 11 nitrogen and oxygen atoms in total. The molecule has 2 amide bonds. The van der Waals surface area contributed by atoms with Crippen LogP contribution in [0.25, 0.3) is 0 Å². The van der Waals surface area contributed by atoms with Crippen LogP contribution in [0, 0.1) is 16.2 Å². The van der Waals surface area contributed by atoms with Gasteiger partial charge in [-0.05, 0) is 30.1 Å². The van der Waals surface area contributed by atoms with Gasteiger partial charge in [0.2, 0.25) is 5.91 Å². The molecule has 0 bridgehead atoms. The molecule has 2 atom stereocenters. The van der Waals surface area contributed by atoms with Gasteiger partial charge in [0.15, 0.2) is 0 Å². The smallest absolute Gasteiger partial charge is 0.407 e. The summed E-state index contributed by atoms with van der Waals surface area (Å²) in [6, 6.07) is -0.0228. The molecule has 0 spiro atoms. The van der Waals surface area contributed by atoms with Gasteiger partial charge in [0.1, 0.15) is 31.8 Å². The molecule has 0 aromatic rings.